The third kappa shape index (κ3) is 3.59. The van der Waals surface area contributed by atoms with Crippen molar-refractivity contribution in [1.29, 1.82) is 0 Å². The minimum absolute atomic E-state index is 0.198. The SMILES string of the molecule is Nc1cncc(C(=O)NCC2CCCCS2)n1. The van der Waals surface area contributed by atoms with Crippen molar-refractivity contribution in [3.63, 3.8) is 0 Å². The standard InChI is InChI=1S/C11H16N4OS/c12-10-7-13-6-9(15-10)11(16)14-5-8-3-1-2-4-17-8/h6-8H,1-5H2,(H2,12,15)(H,14,16). The molecule has 1 aliphatic heterocycles. The lowest BCUT2D eigenvalue weighted by molar-refractivity contribution is 0.0948. The van der Waals surface area contributed by atoms with Crippen LogP contribution >= 0.6 is 11.8 Å². The van der Waals surface area contributed by atoms with Gasteiger partial charge in [-0.25, -0.2) is 4.98 Å². The van der Waals surface area contributed by atoms with Crippen molar-refractivity contribution in [2.45, 2.75) is 24.5 Å². The lowest BCUT2D eigenvalue weighted by Crippen LogP contribution is -2.32. The zero-order chi connectivity index (χ0) is 12.1. The average molecular weight is 252 g/mol. The molecular formula is C11H16N4OS. The molecular weight excluding hydrogens is 236 g/mol. The van der Waals surface area contributed by atoms with Crippen molar-refractivity contribution < 1.29 is 4.79 Å². The van der Waals surface area contributed by atoms with E-state index in [0.717, 1.165) is 0 Å². The Morgan fingerprint density at radius 2 is 2.41 bits per heavy atom. The lowest BCUT2D eigenvalue weighted by atomic mass is 10.2. The lowest BCUT2D eigenvalue weighted by Gasteiger charge is -2.21. The highest BCUT2D eigenvalue weighted by atomic mass is 32.2. The number of nitrogens with one attached hydrogen (secondary N) is 1. The first-order valence-electron chi connectivity index (χ1n) is 5.73. The quantitative estimate of drug-likeness (QED) is 0.841. The molecule has 0 bridgehead atoms. The first kappa shape index (κ1) is 12.2. The summed E-state index contributed by atoms with van der Waals surface area (Å²) in [5.74, 6) is 1.26. The molecule has 1 aromatic heterocycles. The van der Waals surface area contributed by atoms with Crippen LogP contribution in [0.5, 0.6) is 0 Å². The van der Waals surface area contributed by atoms with Gasteiger partial charge in [0.1, 0.15) is 11.5 Å². The number of nitrogens with zero attached hydrogens (tertiary/aromatic N) is 2. The van der Waals surface area contributed by atoms with E-state index in [-0.39, 0.29) is 17.4 Å². The molecule has 1 atom stereocenters. The number of hydrogen-bond acceptors (Lipinski definition) is 5. The van der Waals surface area contributed by atoms with E-state index in [1.165, 1.54) is 37.4 Å². The Kier molecular flexibility index (Phi) is 4.19. The van der Waals surface area contributed by atoms with Gasteiger partial charge in [0.25, 0.3) is 5.91 Å². The molecule has 17 heavy (non-hydrogen) atoms. The molecule has 6 heteroatoms. The summed E-state index contributed by atoms with van der Waals surface area (Å²) in [5.41, 5.74) is 5.76. The number of nitrogen functional groups attached to an aromatic ring is 1. The van der Waals surface area contributed by atoms with E-state index in [1.807, 2.05) is 11.8 Å². The highest BCUT2D eigenvalue weighted by molar-refractivity contribution is 7.99. The molecule has 0 aliphatic carbocycles. The van der Waals surface area contributed by atoms with Gasteiger partial charge in [-0.15, -0.1) is 0 Å². The Hall–Kier alpha value is -1.30. The van der Waals surface area contributed by atoms with E-state index < -0.39 is 0 Å². The molecule has 92 valence electrons. The molecule has 1 saturated heterocycles. The van der Waals surface area contributed by atoms with E-state index in [2.05, 4.69) is 15.3 Å². The van der Waals surface area contributed by atoms with Gasteiger partial charge in [-0.2, -0.15) is 11.8 Å². The van der Waals surface area contributed by atoms with Gasteiger partial charge < -0.3 is 11.1 Å². The third-order valence-electron chi connectivity index (χ3n) is 2.65. The molecule has 1 amide bonds. The summed E-state index contributed by atoms with van der Waals surface area (Å²) in [4.78, 5) is 19.5. The van der Waals surface area contributed by atoms with Crippen molar-refractivity contribution in [2.24, 2.45) is 0 Å². The summed E-state index contributed by atoms with van der Waals surface area (Å²) in [6.07, 6.45) is 6.57. The Labute approximate surface area is 105 Å². The van der Waals surface area contributed by atoms with Crippen LogP contribution in [0.4, 0.5) is 5.82 Å². The maximum atomic E-state index is 11.8. The largest absolute Gasteiger partial charge is 0.382 e. The van der Waals surface area contributed by atoms with Crippen molar-refractivity contribution in [3.8, 4) is 0 Å². The molecule has 1 fully saturated rings. The average Bonchev–Trinajstić information content (AvgIpc) is 2.37. The highest BCUT2D eigenvalue weighted by Crippen LogP contribution is 2.24. The number of aromatic nitrogens is 2. The van der Waals surface area contributed by atoms with Crippen molar-refractivity contribution in [2.75, 3.05) is 18.0 Å². The van der Waals surface area contributed by atoms with Crippen LogP contribution in [0.15, 0.2) is 12.4 Å². The van der Waals surface area contributed by atoms with Gasteiger partial charge in [0.15, 0.2) is 0 Å². The van der Waals surface area contributed by atoms with Crippen LogP contribution in [-0.2, 0) is 0 Å². The monoisotopic (exact) mass is 252 g/mol. The molecule has 2 rings (SSSR count). The first-order valence-corrected chi connectivity index (χ1v) is 6.78. The summed E-state index contributed by atoms with van der Waals surface area (Å²) in [6, 6.07) is 0. The van der Waals surface area contributed by atoms with Gasteiger partial charge in [-0.1, -0.05) is 6.42 Å². The zero-order valence-corrected chi connectivity index (χ0v) is 10.4. The molecule has 3 N–H and O–H groups in total. The second-order valence-electron chi connectivity index (χ2n) is 4.03. The molecule has 1 unspecified atom stereocenters. The van der Waals surface area contributed by atoms with Crippen molar-refractivity contribution >= 4 is 23.5 Å². The minimum Gasteiger partial charge on any atom is -0.382 e. The van der Waals surface area contributed by atoms with E-state index in [9.17, 15) is 4.79 Å². The molecule has 0 spiro atoms. The Bertz CT molecular complexity index is 393. The third-order valence-corrected chi connectivity index (χ3v) is 4.05. The smallest absolute Gasteiger partial charge is 0.271 e. The summed E-state index contributed by atoms with van der Waals surface area (Å²) >= 11 is 1.93. The first-order chi connectivity index (χ1) is 8.25. The predicted octanol–water partition coefficient (Wildman–Crippen LogP) is 1.07. The van der Waals surface area contributed by atoms with Crippen LogP contribution in [0.2, 0.25) is 0 Å². The molecule has 1 aliphatic rings. The maximum Gasteiger partial charge on any atom is 0.271 e. The fourth-order valence-corrected chi connectivity index (χ4v) is 2.99. The second-order valence-corrected chi connectivity index (χ2v) is 5.44. The zero-order valence-electron chi connectivity index (χ0n) is 9.56. The van der Waals surface area contributed by atoms with Gasteiger partial charge in [0.05, 0.1) is 12.4 Å². The van der Waals surface area contributed by atoms with E-state index in [1.54, 1.807) is 0 Å². The summed E-state index contributed by atoms with van der Waals surface area (Å²) in [6.45, 7) is 0.694. The number of carbonyl (C=O) groups is 1. The highest BCUT2D eigenvalue weighted by Gasteiger charge is 2.15. The van der Waals surface area contributed by atoms with Crippen molar-refractivity contribution in [3.05, 3.63) is 18.1 Å². The van der Waals surface area contributed by atoms with Crippen LogP contribution in [0.3, 0.4) is 0 Å². The normalized spacial score (nSPS) is 19.9. The summed E-state index contributed by atoms with van der Waals surface area (Å²) < 4.78 is 0. The Balaban J connectivity index is 1.84. The minimum atomic E-state index is -0.198. The van der Waals surface area contributed by atoms with Gasteiger partial charge in [-0.05, 0) is 18.6 Å². The van der Waals surface area contributed by atoms with Crippen LogP contribution in [0.1, 0.15) is 29.8 Å². The molecule has 5 nitrogen and oxygen atoms in total. The van der Waals surface area contributed by atoms with Crippen LogP contribution < -0.4 is 11.1 Å². The van der Waals surface area contributed by atoms with E-state index in [0.29, 0.717) is 11.8 Å². The summed E-state index contributed by atoms with van der Waals surface area (Å²) in [7, 11) is 0. The molecule has 0 aromatic carbocycles. The van der Waals surface area contributed by atoms with Crippen LogP contribution in [0.25, 0.3) is 0 Å². The Morgan fingerprint density at radius 3 is 3.12 bits per heavy atom. The fourth-order valence-electron chi connectivity index (χ4n) is 1.76. The number of anilines is 1. The topological polar surface area (TPSA) is 80.9 Å². The molecule has 0 radical (unpaired) electrons. The number of nitrogens with two attached hydrogens (primary N) is 1. The van der Waals surface area contributed by atoms with E-state index in [4.69, 9.17) is 5.73 Å². The van der Waals surface area contributed by atoms with E-state index >= 15 is 0 Å². The molecule has 1 aromatic rings. The summed E-state index contributed by atoms with van der Waals surface area (Å²) in [5, 5.41) is 3.41. The number of thioether (sulfide) groups is 1. The van der Waals surface area contributed by atoms with Gasteiger partial charge in [0, 0.05) is 11.8 Å². The number of hydrogen-bond donors (Lipinski definition) is 2. The van der Waals surface area contributed by atoms with Gasteiger partial charge in [-0.3, -0.25) is 9.78 Å². The Morgan fingerprint density at radius 1 is 1.53 bits per heavy atom. The number of amides is 1. The van der Waals surface area contributed by atoms with Gasteiger partial charge >= 0.3 is 0 Å². The van der Waals surface area contributed by atoms with Crippen LogP contribution in [-0.4, -0.2) is 33.4 Å². The predicted molar refractivity (Wildman–Crippen MR) is 68.9 cm³/mol. The number of rotatable bonds is 3. The van der Waals surface area contributed by atoms with Crippen molar-refractivity contribution in [1.82, 2.24) is 15.3 Å². The van der Waals surface area contributed by atoms with Gasteiger partial charge in [0.2, 0.25) is 0 Å². The second kappa shape index (κ2) is 5.86. The molecule has 2 heterocycles. The fraction of sp³-hybridized carbons (Fsp3) is 0.545. The maximum absolute atomic E-state index is 11.8. The van der Waals surface area contributed by atoms with Crippen LogP contribution in [0, 0.1) is 0 Å². The number of carbonyl (C=O) groups excluding carboxylic acids is 1. The molecule has 0 saturated carbocycles.